The van der Waals surface area contributed by atoms with Gasteiger partial charge in [0.05, 0.1) is 6.61 Å². The average molecular weight is 146 g/mol. The average Bonchev–Trinajstić information content (AvgIpc) is 1.98. The van der Waals surface area contributed by atoms with Gasteiger partial charge in [0.2, 0.25) is 0 Å². The zero-order valence-electron chi connectivity index (χ0n) is 6.64. The minimum Gasteiger partial charge on any atom is -0.395 e. The standard InChI is InChI=1S/C7H18N2O/c1-2-3-7(6-8)9-4-5-10/h7,9-10H,2-6,8H2,1H3/t7-/m0/s1. The topological polar surface area (TPSA) is 58.3 Å². The van der Waals surface area contributed by atoms with E-state index in [1.165, 1.54) is 0 Å². The van der Waals surface area contributed by atoms with E-state index in [4.69, 9.17) is 10.8 Å². The van der Waals surface area contributed by atoms with Gasteiger partial charge >= 0.3 is 0 Å². The monoisotopic (exact) mass is 146 g/mol. The molecule has 0 aromatic carbocycles. The molecule has 0 saturated carbocycles. The van der Waals surface area contributed by atoms with Crippen LogP contribution in [-0.2, 0) is 0 Å². The van der Waals surface area contributed by atoms with Crippen LogP contribution in [0.4, 0.5) is 0 Å². The van der Waals surface area contributed by atoms with E-state index in [9.17, 15) is 0 Å². The fraction of sp³-hybridized carbons (Fsp3) is 1.00. The lowest BCUT2D eigenvalue weighted by atomic mass is 10.2. The second-order valence-corrected chi connectivity index (χ2v) is 2.40. The van der Waals surface area contributed by atoms with E-state index < -0.39 is 0 Å². The number of rotatable bonds is 6. The van der Waals surface area contributed by atoms with Crippen molar-refractivity contribution in [3.8, 4) is 0 Å². The third-order valence-corrected chi connectivity index (χ3v) is 1.47. The Morgan fingerprint density at radius 2 is 2.30 bits per heavy atom. The molecule has 0 radical (unpaired) electrons. The molecule has 0 aliphatic carbocycles. The smallest absolute Gasteiger partial charge is 0.0556 e. The van der Waals surface area contributed by atoms with Crippen LogP contribution in [0.2, 0.25) is 0 Å². The van der Waals surface area contributed by atoms with E-state index in [1.807, 2.05) is 0 Å². The molecule has 0 saturated heterocycles. The molecule has 0 fully saturated rings. The molecular formula is C7H18N2O. The first-order valence-electron chi connectivity index (χ1n) is 3.89. The number of hydrogen-bond donors (Lipinski definition) is 3. The van der Waals surface area contributed by atoms with Crippen LogP contribution in [0.3, 0.4) is 0 Å². The van der Waals surface area contributed by atoms with Gasteiger partial charge in [0.25, 0.3) is 0 Å². The summed E-state index contributed by atoms with van der Waals surface area (Å²) >= 11 is 0. The first kappa shape index (κ1) is 9.88. The summed E-state index contributed by atoms with van der Waals surface area (Å²) in [6.07, 6.45) is 2.23. The Morgan fingerprint density at radius 1 is 1.60 bits per heavy atom. The van der Waals surface area contributed by atoms with E-state index >= 15 is 0 Å². The minimum atomic E-state index is 0.195. The van der Waals surface area contributed by atoms with Crippen molar-refractivity contribution >= 4 is 0 Å². The Bertz CT molecular complexity index is 68.6. The SMILES string of the molecule is CCC[C@@H](CN)NCCO. The molecule has 0 unspecified atom stereocenters. The molecule has 0 aliphatic heterocycles. The molecule has 0 aliphatic rings. The first-order chi connectivity index (χ1) is 4.85. The second kappa shape index (κ2) is 6.99. The van der Waals surface area contributed by atoms with Gasteiger partial charge in [-0.25, -0.2) is 0 Å². The first-order valence-corrected chi connectivity index (χ1v) is 3.89. The molecule has 0 rings (SSSR count). The summed E-state index contributed by atoms with van der Waals surface area (Å²) in [6.45, 7) is 3.64. The summed E-state index contributed by atoms with van der Waals surface area (Å²) in [6, 6.07) is 0.386. The predicted octanol–water partition coefficient (Wildman–Crippen LogP) is -0.304. The van der Waals surface area contributed by atoms with Crippen molar-refractivity contribution in [2.45, 2.75) is 25.8 Å². The molecule has 0 spiro atoms. The lowest BCUT2D eigenvalue weighted by Crippen LogP contribution is -2.37. The zero-order valence-corrected chi connectivity index (χ0v) is 6.64. The highest BCUT2D eigenvalue weighted by Crippen LogP contribution is 1.92. The van der Waals surface area contributed by atoms with E-state index in [1.54, 1.807) is 0 Å². The van der Waals surface area contributed by atoms with Crippen molar-refractivity contribution in [1.29, 1.82) is 0 Å². The number of nitrogens with one attached hydrogen (secondary N) is 1. The largest absolute Gasteiger partial charge is 0.395 e. The van der Waals surface area contributed by atoms with Gasteiger partial charge in [-0.15, -0.1) is 0 Å². The molecule has 3 heteroatoms. The molecular weight excluding hydrogens is 128 g/mol. The highest BCUT2D eigenvalue weighted by molar-refractivity contribution is 4.65. The van der Waals surface area contributed by atoms with Crippen LogP contribution in [0.5, 0.6) is 0 Å². The highest BCUT2D eigenvalue weighted by atomic mass is 16.3. The lowest BCUT2D eigenvalue weighted by Gasteiger charge is -2.14. The number of aliphatic hydroxyl groups is 1. The molecule has 1 atom stereocenters. The fourth-order valence-corrected chi connectivity index (χ4v) is 0.920. The van der Waals surface area contributed by atoms with Gasteiger partial charge < -0.3 is 16.2 Å². The van der Waals surface area contributed by atoms with Gasteiger partial charge in [-0.2, -0.15) is 0 Å². The number of nitrogens with two attached hydrogens (primary N) is 1. The molecule has 3 nitrogen and oxygen atoms in total. The van der Waals surface area contributed by atoms with E-state index in [-0.39, 0.29) is 6.61 Å². The van der Waals surface area contributed by atoms with Crippen LogP contribution in [0.25, 0.3) is 0 Å². The van der Waals surface area contributed by atoms with E-state index in [0.717, 1.165) is 12.8 Å². The Morgan fingerprint density at radius 3 is 2.70 bits per heavy atom. The van der Waals surface area contributed by atoms with E-state index in [0.29, 0.717) is 19.1 Å². The molecule has 10 heavy (non-hydrogen) atoms. The van der Waals surface area contributed by atoms with Crippen LogP contribution in [-0.4, -0.2) is 30.8 Å². The molecule has 0 aromatic rings. The maximum Gasteiger partial charge on any atom is 0.0556 e. The molecule has 4 N–H and O–H groups in total. The Labute approximate surface area is 62.6 Å². The van der Waals surface area contributed by atoms with Crippen LogP contribution < -0.4 is 11.1 Å². The van der Waals surface area contributed by atoms with Gasteiger partial charge in [-0.3, -0.25) is 0 Å². The Balaban J connectivity index is 3.21. The van der Waals surface area contributed by atoms with Crippen LogP contribution in [0, 0.1) is 0 Å². The molecule has 62 valence electrons. The summed E-state index contributed by atoms with van der Waals surface area (Å²) in [5.41, 5.74) is 5.46. The highest BCUT2D eigenvalue weighted by Gasteiger charge is 2.01. The number of hydrogen-bond acceptors (Lipinski definition) is 3. The maximum atomic E-state index is 8.48. The summed E-state index contributed by atoms with van der Waals surface area (Å²) in [4.78, 5) is 0. The molecule has 0 heterocycles. The summed E-state index contributed by atoms with van der Waals surface area (Å²) in [7, 11) is 0. The predicted molar refractivity (Wildman–Crippen MR) is 42.8 cm³/mol. The van der Waals surface area contributed by atoms with Gasteiger partial charge in [0.15, 0.2) is 0 Å². The molecule has 0 amide bonds. The Kier molecular flexibility index (Phi) is 6.91. The quantitative estimate of drug-likeness (QED) is 0.482. The summed E-state index contributed by atoms with van der Waals surface area (Å²) in [5, 5.41) is 11.6. The third-order valence-electron chi connectivity index (χ3n) is 1.47. The van der Waals surface area contributed by atoms with Crippen molar-refractivity contribution in [3.63, 3.8) is 0 Å². The van der Waals surface area contributed by atoms with Crippen molar-refractivity contribution in [2.24, 2.45) is 5.73 Å². The Hall–Kier alpha value is -0.120. The van der Waals surface area contributed by atoms with Crippen molar-refractivity contribution < 1.29 is 5.11 Å². The summed E-state index contributed by atoms with van der Waals surface area (Å²) in [5.74, 6) is 0. The van der Waals surface area contributed by atoms with Crippen molar-refractivity contribution in [2.75, 3.05) is 19.7 Å². The van der Waals surface area contributed by atoms with Crippen LogP contribution in [0.1, 0.15) is 19.8 Å². The van der Waals surface area contributed by atoms with Gasteiger partial charge in [0.1, 0.15) is 0 Å². The van der Waals surface area contributed by atoms with E-state index in [2.05, 4.69) is 12.2 Å². The maximum absolute atomic E-state index is 8.48. The lowest BCUT2D eigenvalue weighted by molar-refractivity contribution is 0.282. The van der Waals surface area contributed by atoms with Crippen molar-refractivity contribution in [3.05, 3.63) is 0 Å². The second-order valence-electron chi connectivity index (χ2n) is 2.40. The van der Waals surface area contributed by atoms with Gasteiger partial charge in [-0.1, -0.05) is 13.3 Å². The fourth-order valence-electron chi connectivity index (χ4n) is 0.920. The summed E-state index contributed by atoms with van der Waals surface area (Å²) < 4.78 is 0. The zero-order chi connectivity index (χ0) is 7.82. The van der Waals surface area contributed by atoms with Gasteiger partial charge in [-0.05, 0) is 6.42 Å². The number of aliphatic hydroxyl groups excluding tert-OH is 1. The normalized spacial score (nSPS) is 13.5. The van der Waals surface area contributed by atoms with Gasteiger partial charge in [0, 0.05) is 19.1 Å². The van der Waals surface area contributed by atoms with Crippen LogP contribution in [0.15, 0.2) is 0 Å². The van der Waals surface area contributed by atoms with Crippen molar-refractivity contribution in [1.82, 2.24) is 5.32 Å². The third kappa shape index (κ3) is 4.73. The minimum absolute atomic E-state index is 0.195. The molecule has 0 aromatic heterocycles. The van der Waals surface area contributed by atoms with Crippen LogP contribution >= 0.6 is 0 Å². The molecule has 0 bridgehead atoms.